The van der Waals surface area contributed by atoms with Crippen molar-refractivity contribution in [2.45, 2.75) is 57.3 Å². The van der Waals surface area contributed by atoms with Crippen LogP contribution in [0.4, 0.5) is 5.69 Å². The van der Waals surface area contributed by atoms with E-state index in [1.54, 1.807) is 7.11 Å². The Morgan fingerprint density at radius 2 is 1.66 bits per heavy atom. The van der Waals surface area contributed by atoms with Gasteiger partial charge in [0.2, 0.25) is 5.91 Å². The summed E-state index contributed by atoms with van der Waals surface area (Å²) >= 11 is 0. The number of rotatable bonds is 5. The Hall–Kier alpha value is -2.29. The highest BCUT2D eigenvalue weighted by Gasteiger charge is 2.58. The Morgan fingerprint density at radius 3 is 2.28 bits per heavy atom. The van der Waals surface area contributed by atoms with E-state index in [-0.39, 0.29) is 16.7 Å². The molecule has 2 aromatic carbocycles. The van der Waals surface area contributed by atoms with Gasteiger partial charge in [-0.1, -0.05) is 29.8 Å². The molecular weight excluding hydrogens is 358 g/mol. The topological polar surface area (TPSA) is 38.3 Å². The van der Waals surface area contributed by atoms with Crippen molar-refractivity contribution in [3.05, 3.63) is 59.7 Å². The SMILES string of the molecule is COc1ccc(NC(=O)CC23CC4CC(C2)CC(c2ccc(C)cc2)(C4)C3)cc1. The molecule has 6 rings (SSSR count). The van der Waals surface area contributed by atoms with Gasteiger partial charge < -0.3 is 10.1 Å². The number of benzene rings is 2. The quantitative estimate of drug-likeness (QED) is 0.694. The molecule has 0 heterocycles. The van der Waals surface area contributed by atoms with Gasteiger partial charge in [-0.3, -0.25) is 4.79 Å². The highest BCUT2D eigenvalue weighted by atomic mass is 16.5. The van der Waals surface area contributed by atoms with E-state index in [0.29, 0.717) is 6.42 Å². The zero-order valence-corrected chi connectivity index (χ0v) is 17.5. The van der Waals surface area contributed by atoms with Crippen LogP contribution in [0, 0.1) is 24.2 Å². The molecule has 1 N–H and O–H groups in total. The molecule has 3 nitrogen and oxygen atoms in total. The molecule has 0 aromatic heterocycles. The minimum Gasteiger partial charge on any atom is -0.497 e. The van der Waals surface area contributed by atoms with Crippen molar-refractivity contribution in [2.24, 2.45) is 17.3 Å². The third-order valence-corrected chi connectivity index (χ3v) is 7.76. The van der Waals surface area contributed by atoms with Crippen LogP contribution in [0.2, 0.25) is 0 Å². The van der Waals surface area contributed by atoms with E-state index in [1.165, 1.54) is 49.7 Å². The van der Waals surface area contributed by atoms with Crippen LogP contribution in [-0.2, 0) is 10.2 Å². The number of nitrogens with one attached hydrogen (secondary N) is 1. The van der Waals surface area contributed by atoms with E-state index in [4.69, 9.17) is 4.74 Å². The zero-order chi connectivity index (χ0) is 20.1. The van der Waals surface area contributed by atoms with E-state index in [2.05, 4.69) is 36.5 Å². The molecule has 0 radical (unpaired) electrons. The predicted molar refractivity (Wildman–Crippen MR) is 116 cm³/mol. The lowest BCUT2D eigenvalue weighted by atomic mass is 9.42. The smallest absolute Gasteiger partial charge is 0.224 e. The number of hydrogen-bond donors (Lipinski definition) is 1. The molecule has 4 bridgehead atoms. The lowest BCUT2D eigenvalue weighted by Gasteiger charge is -2.62. The molecule has 2 aromatic rings. The summed E-state index contributed by atoms with van der Waals surface area (Å²) in [7, 11) is 1.66. The molecule has 1 amide bonds. The molecule has 3 heteroatoms. The van der Waals surface area contributed by atoms with E-state index in [9.17, 15) is 4.79 Å². The normalized spacial score (nSPS) is 32.2. The number of hydrogen-bond acceptors (Lipinski definition) is 2. The van der Waals surface area contributed by atoms with E-state index >= 15 is 0 Å². The molecule has 2 atom stereocenters. The van der Waals surface area contributed by atoms with E-state index in [0.717, 1.165) is 23.3 Å². The number of aryl methyl sites for hydroxylation is 1. The van der Waals surface area contributed by atoms with Gasteiger partial charge in [0, 0.05) is 12.1 Å². The van der Waals surface area contributed by atoms with Crippen LogP contribution in [0.3, 0.4) is 0 Å². The van der Waals surface area contributed by atoms with Gasteiger partial charge in [-0.2, -0.15) is 0 Å². The van der Waals surface area contributed by atoms with Crippen molar-refractivity contribution in [1.29, 1.82) is 0 Å². The molecule has 4 fully saturated rings. The van der Waals surface area contributed by atoms with Gasteiger partial charge in [-0.25, -0.2) is 0 Å². The molecule has 0 spiro atoms. The van der Waals surface area contributed by atoms with Gasteiger partial charge in [0.15, 0.2) is 0 Å². The second-order valence-electron chi connectivity index (χ2n) is 10.1. The Kier molecular flexibility index (Phi) is 4.45. The van der Waals surface area contributed by atoms with Crippen LogP contribution in [0.1, 0.15) is 56.1 Å². The number of ether oxygens (including phenoxy) is 1. The van der Waals surface area contributed by atoms with Crippen molar-refractivity contribution in [2.75, 3.05) is 12.4 Å². The first-order chi connectivity index (χ1) is 14.0. The molecule has 0 aliphatic heterocycles. The minimum absolute atomic E-state index is 0.163. The first kappa shape index (κ1) is 18.7. The van der Waals surface area contributed by atoms with E-state index < -0.39 is 0 Å². The third kappa shape index (κ3) is 3.45. The number of methoxy groups -OCH3 is 1. The second-order valence-corrected chi connectivity index (χ2v) is 10.1. The number of carbonyl (C=O) groups is 1. The van der Waals surface area contributed by atoms with Gasteiger partial charge in [0.25, 0.3) is 0 Å². The highest BCUT2D eigenvalue weighted by molar-refractivity contribution is 5.91. The summed E-state index contributed by atoms with van der Waals surface area (Å²) in [6.45, 7) is 2.16. The van der Waals surface area contributed by atoms with Gasteiger partial charge >= 0.3 is 0 Å². The van der Waals surface area contributed by atoms with Gasteiger partial charge in [0.1, 0.15) is 5.75 Å². The summed E-state index contributed by atoms with van der Waals surface area (Å²) < 4.78 is 5.21. The number of carbonyl (C=O) groups excluding carboxylic acids is 1. The molecule has 4 aliphatic rings. The molecule has 2 unspecified atom stereocenters. The molecule has 152 valence electrons. The van der Waals surface area contributed by atoms with Crippen molar-refractivity contribution in [3.8, 4) is 5.75 Å². The fourth-order valence-corrected chi connectivity index (χ4v) is 7.12. The Balaban J connectivity index is 1.35. The Morgan fingerprint density at radius 1 is 1.00 bits per heavy atom. The molecule has 29 heavy (non-hydrogen) atoms. The largest absolute Gasteiger partial charge is 0.497 e. The monoisotopic (exact) mass is 389 g/mol. The first-order valence-corrected chi connectivity index (χ1v) is 11.0. The standard InChI is InChI=1S/C26H31NO2/c1-18-3-5-21(6-4-18)26-14-19-11-20(15-26)13-25(12-19,17-26)16-24(28)27-22-7-9-23(29-2)10-8-22/h3-10,19-20H,11-17H2,1-2H3,(H,27,28). The molecular formula is C26H31NO2. The third-order valence-electron chi connectivity index (χ3n) is 7.76. The van der Waals surface area contributed by atoms with Crippen molar-refractivity contribution in [1.82, 2.24) is 0 Å². The lowest BCUT2D eigenvalue weighted by Crippen LogP contribution is -2.54. The summed E-state index contributed by atoms with van der Waals surface area (Å²) in [5.74, 6) is 2.54. The number of amides is 1. The summed E-state index contributed by atoms with van der Waals surface area (Å²) in [4.78, 5) is 13.0. The minimum atomic E-state index is 0.163. The maximum Gasteiger partial charge on any atom is 0.224 e. The van der Waals surface area contributed by atoms with E-state index in [1.807, 2.05) is 24.3 Å². The average Bonchev–Trinajstić information content (AvgIpc) is 2.67. The zero-order valence-electron chi connectivity index (χ0n) is 17.5. The van der Waals surface area contributed by atoms with Crippen LogP contribution in [0.5, 0.6) is 5.75 Å². The van der Waals surface area contributed by atoms with Gasteiger partial charge in [-0.05, 0) is 97.9 Å². The lowest BCUT2D eigenvalue weighted by molar-refractivity contribution is -0.126. The summed E-state index contributed by atoms with van der Waals surface area (Å²) in [6.07, 6.45) is 8.28. The van der Waals surface area contributed by atoms with Crippen LogP contribution in [-0.4, -0.2) is 13.0 Å². The second kappa shape index (κ2) is 6.90. The Labute approximate surface area is 173 Å². The fourth-order valence-electron chi connectivity index (χ4n) is 7.12. The van der Waals surface area contributed by atoms with Crippen LogP contribution < -0.4 is 10.1 Å². The summed E-state index contributed by atoms with van der Waals surface area (Å²) in [6, 6.07) is 16.9. The van der Waals surface area contributed by atoms with Gasteiger partial charge in [-0.15, -0.1) is 0 Å². The van der Waals surface area contributed by atoms with Crippen molar-refractivity contribution in [3.63, 3.8) is 0 Å². The van der Waals surface area contributed by atoms with Crippen LogP contribution in [0.25, 0.3) is 0 Å². The average molecular weight is 390 g/mol. The fraction of sp³-hybridized carbons (Fsp3) is 0.500. The molecule has 4 aliphatic carbocycles. The van der Waals surface area contributed by atoms with Crippen molar-refractivity contribution >= 4 is 11.6 Å². The van der Waals surface area contributed by atoms with Crippen molar-refractivity contribution < 1.29 is 9.53 Å². The molecule has 4 saturated carbocycles. The van der Waals surface area contributed by atoms with Crippen LogP contribution >= 0.6 is 0 Å². The molecule has 0 saturated heterocycles. The number of anilines is 1. The Bertz CT molecular complexity index is 885. The summed E-state index contributed by atoms with van der Waals surface area (Å²) in [5, 5.41) is 3.13. The maximum absolute atomic E-state index is 13.0. The summed E-state index contributed by atoms with van der Waals surface area (Å²) in [5.41, 5.74) is 4.15. The maximum atomic E-state index is 13.0. The first-order valence-electron chi connectivity index (χ1n) is 11.0. The van der Waals surface area contributed by atoms with Gasteiger partial charge in [0.05, 0.1) is 7.11 Å². The van der Waals surface area contributed by atoms with Crippen LogP contribution in [0.15, 0.2) is 48.5 Å². The highest BCUT2D eigenvalue weighted by Crippen LogP contribution is 2.66. The predicted octanol–water partition coefficient (Wildman–Crippen LogP) is 5.87.